The van der Waals surface area contributed by atoms with Crippen molar-refractivity contribution < 1.29 is 9.59 Å². The third kappa shape index (κ3) is 4.19. The van der Waals surface area contributed by atoms with E-state index in [9.17, 15) is 9.59 Å². The first-order valence-electron chi connectivity index (χ1n) is 7.73. The molecule has 0 atom stereocenters. The standard InChI is InChI=1S/C19H22N2O2/c1-4-15-10-8-9-14(2)19(15)20-17(22)13-18(23)21(3)16-11-6-5-7-12-16/h5-12H,4,13H2,1-3H3,(H,20,22). The van der Waals surface area contributed by atoms with Gasteiger partial charge in [0.05, 0.1) is 0 Å². The number of benzene rings is 2. The van der Waals surface area contributed by atoms with Crippen molar-refractivity contribution in [2.45, 2.75) is 26.7 Å². The largest absolute Gasteiger partial charge is 0.325 e. The summed E-state index contributed by atoms with van der Waals surface area (Å²) in [5.41, 5.74) is 3.66. The molecule has 4 heteroatoms. The van der Waals surface area contributed by atoms with Crippen molar-refractivity contribution in [3.63, 3.8) is 0 Å². The summed E-state index contributed by atoms with van der Waals surface area (Å²) in [4.78, 5) is 26.0. The maximum atomic E-state index is 12.2. The topological polar surface area (TPSA) is 49.4 Å². The summed E-state index contributed by atoms with van der Waals surface area (Å²) < 4.78 is 0. The highest BCUT2D eigenvalue weighted by atomic mass is 16.2. The molecule has 1 N–H and O–H groups in total. The van der Waals surface area contributed by atoms with Gasteiger partial charge in [-0.3, -0.25) is 9.59 Å². The van der Waals surface area contributed by atoms with Gasteiger partial charge in [0, 0.05) is 18.4 Å². The second-order valence-electron chi connectivity index (χ2n) is 5.48. The summed E-state index contributed by atoms with van der Waals surface area (Å²) >= 11 is 0. The van der Waals surface area contributed by atoms with Gasteiger partial charge in [0.15, 0.2) is 0 Å². The fourth-order valence-corrected chi connectivity index (χ4v) is 2.44. The van der Waals surface area contributed by atoms with E-state index in [-0.39, 0.29) is 18.2 Å². The molecule has 2 aromatic carbocycles. The monoisotopic (exact) mass is 310 g/mol. The van der Waals surface area contributed by atoms with Crippen molar-refractivity contribution in [2.75, 3.05) is 17.3 Å². The van der Waals surface area contributed by atoms with Gasteiger partial charge in [0.1, 0.15) is 6.42 Å². The highest BCUT2D eigenvalue weighted by molar-refractivity contribution is 6.09. The Labute approximate surface area is 137 Å². The number of carbonyl (C=O) groups is 2. The number of nitrogens with zero attached hydrogens (tertiary/aromatic N) is 1. The maximum Gasteiger partial charge on any atom is 0.236 e. The highest BCUT2D eigenvalue weighted by Crippen LogP contribution is 2.21. The van der Waals surface area contributed by atoms with E-state index >= 15 is 0 Å². The highest BCUT2D eigenvalue weighted by Gasteiger charge is 2.16. The number of hydrogen-bond acceptors (Lipinski definition) is 2. The molecular formula is C19H22N2O2. The second-order valence-corrected chi connectivity index (χ2v) is 5.48. The van der Waals surface area contributed by atoms with Crippen molar-refractivity contribution in [3.8, 4) is 0 Å². The summed E-state index contributed by atoms with van der Waals surface area (Å²) in [6, 6.07) is 15.2. The molecule has 0 aliphatic carbocycles. The maximum absolute atomic E-state index is 12.2. The van der Waals surface area contributed by atoms with E-state index in [1.54, 1.807) is 7.05 Å². The number of amides is 2. The molecule has 0 aliphatic rings. The molecule has 0 radical (unpaired) electrons. The third-order valence-corrected chi connectivity index (χ3v) is 3.83. The fraction of sp³-hybridized carbons (Fsp3) is 0.263. The van der Waals surface area contributed by atoms with Crippen molar-refractivity contribution in [3.05, 3.63) is 59.7 Å². The van der Waals surface area contributed by atoms with Gasteiger partial charge in [-0.05, 0) is 36.6 Å². The van der Waals surface area contributed by atoms with Crippen LogP contribution in [0.5, 0.6) is 0 Å². The quantitative estimate of drug-likeness (QED) is 0.859. The Morgan fingerprint density at radius 2 is 1.74 bits per heavy atom. The van der Waals surface area contributed by atoms with Gasteiger partial charge >= 0.3 is 0 Å². The zero-order valence-corrected chi connectivity index (χ0v) is 13.8. The van der Waals surface area contributed by atoms with Gasteiger partial charge in [-0.15, -0.1) is 0 Å². The number of rotatable bonds is 5. The minimum atomic E-state index is -0.290. The van der Waals surface area contributed by atoms with Gasteiger partial charge in [-0.25, -0.2) is 0 Å². The zero-order chi connectivity index (χ0) is 16.8. The van der Waals surface area contributed by atoms with E-state index in [0.717, 1.165) is 28.9 Å². The van der Waals surface area contributed by atoms with Crippen LogP contribution in [0.3, 0.4) is 0 Å². The van der Waals surface area contributed by atoms with Crippen molar-refractivity contribution in [1.29, 1.82) is 0 Å². The molecular weight excluding hydrogens is 288 g/mol. The average molecular weight is 310 g/mol. The molecule has 2 rings (SSSR count). The van der Waals surface area contributed by atoms with Crippen molar-refractivity contribution in [1.82, 2.24) is 0 Å². The van der Waals surface area contributed by atoms with Gasteiger partial charge in [-0.1, -0.05) is 43.3 Å². The summed E-state index contributed by atoms with van der Waals surface area (Å²) in [5, 5.41) is 2.88. The van der Waals surface area contributed by atoms with E-state index in [1.807, 2.05) is 62.4 Å². The van der Waals surface area contributed by atoms with Gasteiger partial charge in [-0.2, -0.15) is 0 Å². The molecule has 0 aromatic heterocycles. The van der Waals surface area contributed by atoms with Crippen molar-refractivity contribution >= 4 is 23.2 Å². The molecule has 0 saturated heterocycles. The van der Waals surface area contributed by atoms with Crippen LogP contribution in [0.4, 0.5) is 11.4 Å². The summed E-state index contributed by atoms with van der Waals surface area (Å²) in [6.07, 6.45) is 0.651. The molecule has 0 heterocycles. The summed E-state index contributed by atoms with van der Waals surface area (Å²) in [6.45, 7) is 3.99. The fourth-order valence-electron chi connectivity index (χ4n) is 2.44. The minimum Gasteiger partial charge on any atom is -0.325 e. The second kappa shape index (κ2) is 7.58. The molecule has 120 valence electrons. The van der Waals surface area contributed by atoms with Gasteiger partial charge in [0.25, 0.3) is 0 Å². The number of carbonyl (C=O) groups excluding carboxylic acids is 2. The zero-order valence-electron chi connectivity index (χ0n) is 13.8. The van der Waals surface area contributed by atoms with Gasteiger partial charge in [0.2, 0.25) is 11.8 Å². The molecule has 0 bridgehead atoms. The van der Waals surface area contributed by atoms with Crippen molar-refractivity contribution in [2.24, 2.45) is 0 Å². The first-order valence-corrected chi connectivity index (χ1v) is 7.73. The molecule has 0 spiro atoms. The van der Waals surface area contributed by atoms with E-state index in [1.165, 1.54) is 4.90 Å². The van der Waals surface area contributed by atoms with Gasteiger partial charge < -0.3 is 10.2 Å². The number of para-hydroxylation sites is 2. The number of anilines is 2. The molecule has 0 unspecified atom stereocenters. The average Bonchev–Trinajstić information content (AvgIpc) is 2.56. The Morgan fingerprint density at radius 1 is 1.04 bits per heavy atom. The molecule has 2 amide bonds. The lowest BCUT2D eigenvalue weighted by molar-refractivity contribution is -0.125. The SMILES string of the molecule is CCc1cccc(C)c1NC(=O)CC(=O)N(C)c1ccccc1. The van der Waals surface area contributed by atoms with Crippen LogP contribution in [0, 0.1) is 6.92 Å². The predicted molar refractivity (Wildman–Crippen MR) is 93.7 cm³/mol. The van der Waals surface area contributed by atoms with Crippen LogP contribution in [-0.4, -0.2) is 18.9 Å². The van der Waals surface area contributed by atoms with E-state index < -0.39 is 0 Å². The van der Waals surface area contributed by atoms with E-state index in [2.05, 4.69) is 5.32 Å². The molecule has 4 nitrogen and oxygen atoms in total. The predicted octanol–water partition coefficient (Wildman–Crippen LogP) is 3.55. The molecule has 0 fully saturated rings. The molecule has 2 aromatic rings. The van der Waals surface area contributed by atoms with Crippen LogP contribution in [0.1, 0.15) is 24.5 Å². The van der Waals surface area contributed by atoms with Crippen LogP contribution in [0.25, 0.3) is 0 Å². The minimum absolute atomic E-state index is 0.178. The van der Waals surface area contributed by atoms with E-state index in [4.69, 9.17) is 0 Å². The Kier molecular flexibility index (Phi) is 5.52. The molecule has 0 aliphatic heterocycles. The van der Waals surface area contributed by atoms with E-state index in [0.29, 0.717) is 0 Å². The lowest BCUT2D eigenvalue weighted by Gasteiger charge is -2.18. The Balaban J connectivity index is 2.04. The molecule has 0 saturated carbocycles. The lowest BCUT2D eigenvalue weighted by atomic mass is 10.1. The van der Waals surface area contributed by atoms with Crippen LogP contribution in [-0.2, 0) is 16.0 Å². The normalized spacial score (nSPS) is 10.2. The van der Waals surface area contributed by atoms with Crippen LogP contribution >= 0.6 is 0 Å². The third-order valence-electron chi connectivity index (χ3n) is 3.83. The Hall–Kier alpha value is -2.62. The lowest BCUT2D eigenvalue weighted by Crippen LogP contribution is -2.30. The number of nitrogens with one attached hydrogen (secondary N) is 1. The first-order chi connectivity index (χ1) is 11.0. The number of hydrogen-bond donors (Lipinski definition) is 1. The Morgan fingerprint density at radius 3 is 2.39 bits per heavy atom. The number of aryl methyl sites for hydroxylation is 2. The summed E-state index contributed by atoms with van der Waals surface area (Å²) in [5.74, 6) is -0.526. The Bertz CT molecular complexity index is 696. The van der Waals surface area contributed by atoms with Crippen LogP contribution in [0.2, 0.25) is 0 Å². The van der Waals surface area contributed by atoms with Crippen LogP contribution < -0.4 is 10.2 Å². The van der Waals surface area contributed by atoms with Crippen LogP contribution in [0.15, 0.2) is 48.5 Å². The summed E-state index contributed by atoms with van der Waals surface area (Å²) in [7, 11) is 1.68. The smallest absolute Gasteiger partial charge is 0.236 e. The first kappa shape index (κ1) is 16.7. The molecule has 23 heavy (non-hydrogen) atoms.